The van der Waals surface area contributed by atoms with E-state index in [1.54, 1.807) is 0 Å². The molecule has 4 heteroatoms. The summed E-state index contributed by atoms with van der Waals surface area (Å²) in [7, 11) is 0. The zero-order chi connectivity index (χ0) is 30.8. The summed E-state index contributed by atoms with van der Waals surface area (Å²) in [4.78, 5) is 22.8. The molecule has 1 N–H and O–H groups in total. The van der Waals surface area contributed by atoms with Crippen LogP contribution in [0.5, 0.6) is 0 Å². The van der Waals surface area contributed by atoms with Crippen LogP contribution in [0.15, 0.2) is 0 Å². The highest BCUT2D eigenvalue weighted by Gasteiger charge is 2.12. The largest absolute Gasteiger partial charge is 0.481 e. The molecule has 4 nitrogen and oxygen atoms in total. The van der Waals surface area contributed by atoms with Crippen LogP contribution in [0.4, 0.5) is 0 Å². The van der Waals surface area contributed by atoms with E-state index in [4.69, 9.17) is 9.84 Å². The van der Waals surface area contributed by atoms with E-state index >= 15 is 0 Å². The van der Waals surface area contributed by atoms with Gasteiger partial charge in [-0.1, -0.05) is 181 Å². The van der Waals surface area contributed by atoms with E-state index in [2.05, 4.69) is 13.8 Å². The first kappa shape index (κ1) is 40.9. The molecule has 250 valence electrons. The van der Waals surface area contributed by atoms with Gasteiger partial charge >= 0.3 is 11.9 Å². The Bertz CT molecular complexity index is 561. The Balaban J connectivity index is 3.38. The van der Waals surface area contributed by atoms with Gasteiger partial charge in [0.1, 0.15) is 6.10 Å². The summed E-state index contributed by atoms with van der Waals surface area (Å²) in [5.41, 5.74) is 0. The molecule has 0 fully saturated rings. The quantitative estimate of drug-likeness (QED) is 0.0585. The third-order valence-electron chi connectivity index (χ3n) is 8.90. The number of carbonyl (C=O) groups excluding carboxylic acids is 1. The van der Waals surface area contributed by atoms with Gasteiger partial charge in [0.05, 0.1) is 0 Å². The fourth-order valence-corrected chi connectivity index (χ4v) is 6.00. The Morgan fingerprint density at radius 2 is 0.762 bits per heavy atom. The SMILES string of the molecule is CCCCCCCCCCCCCCCC(=O)OC(CC)CCCCCCCCCCCCCCCCCCC(=O)O. The molecular weight excluding hydrogens is 520 g/mol. The van der Waals surface area contributed by atoms with E-state index in [0.717, 1.165) is 32.1 Å². The van der Waals surface area contributed by atoms with Crippen molar-refractivity contribution in [2.75, 3.05) is 0 Å². The van der Waals surface area contributed by atoms with Crippen LogP contribution >= 0.6 is 0 Å². The predicted molar refractivity (Wildman–Crippen MR) is 181 cm³/mol. The van der Waals surface area contributed by atoms with Crippen LogP contribution in [0.25, 0.3) is 0 Å². The molecule has 0 saturated heterocycles. The molecular formula is C38H74O4. The monoisotopic (exact) mass is 595 g/mol. The highest BCUT2D eigenvalue weighted by molar-refractivity contribution is 5.69. The maximum atomic E-state index is 12.3. The Kier molecular flexibility index (Phi) is 33.6. The standard InChI is InChI=1S/C38H74O4/c1-3-5-6-7-8-9-10-15-20-23-26-29-32-35-38(41)42-36(4-2)33-30-27-24-21-18-16-13-11-12-14-17-19-22-25-28-31-34-37(39)40/h36H,3-35H2,1-2H3,(H,39,40). The zero-order valence-corrected chi connectivity index (χ0v) is 28.6. The number of hydrogen-bond acceptors (Lipinski definition) is 3. The third kappa shape index (κ3) is 33.4. The second-order valence-corrected chi connectivity index (χ2v) is 13.1. The average Bonchev–Trinajstić information content (AvgIpc) is 2.98. The molecule has 0 aliphatic carbocycles. The minimum absolute atomic E-state index is 0.0258. The number of hydrogen-bond donors (Lipinski definition) is 1. The zero-order valence-electron chi connectivity index (χ0n) is 28.6. The van der Waals surface area contributed by atoms with E-state index in [1.165, 1.54) is 167 Å². The highest BCUT2D eigenvalue weighted by atomic mass is 16.5. The average molecular weight is 595 g/mol. The molecule has 0 aliphatic heterocycles. The molecule has 42 heavy (non-hydrogen) atoms. The molecule has 1 unspecified atom stereocenters. The summed E-state index contributed by atoms with van der Waals surface area (Å²) in [6.45, 7) is 4.43. The van der Waals surface area contributed by atoms with E-state index in [-0.39, 0.29) is 12.1 Å². The lowest BCUT2D eigenvalue weighted by Crippen LogP contribution is -2.17. The number of esters is 1. The van der Waals surface area contributed by atoms with Crippen molar-refractivity contribution in [2.45, 2.75) is 232 Å². The summed E-state index contributed by atoms with van der Waals surface area (Å²) in [5.74, 6) is -0.636. The molecule has 0 bridgehead atoms. The molecule has 0 amide bonds. The molecule has 0 aliphatic rings. The van der Waals surface area contributed by atoms with Crippen molar-refractivity contribution >= 4 is 11.9 Å². The topological polar surface area (TPSA) is 63.6 Å². The third-order valence-corrected chi connectivity index (χ3v) is 8.90. The van der Waals surface area contributed by atoms with Gasteiger partial charge in [0, 0.05) is 12.8 Å². The van der Waals surface area contributed by atoms with Crippen molar-refractivity contribution < 1.29 is 19.4 Å². The van der Waals surface area contributed by atoms with Gasteiger partial charge in [-0.05, 0) is 32.1 Å². The molecule has 0 aromatic rings. The number of carbonyl (C=O) groups is 2. The van der Waals surface area contributed by atoms with Gasteiger partial charge in [-0.15, -0.1) is 0 Å². The summed E-state index contributed by atoms with van der Waals surface area (Å²) < 4.78 is 5.79. The summed E-state index contributed by atoms with van der Waals surface area (Å²) >= 11 is 0. The second kappa shape index (κ2) is 34.4. The number of unbranched alkanes of at least 4 members (excludes halogenated alkanes) is 27. The van der Waals surface area contributed by atoms with Gasteiger partial charge < -0.3 is 9.84 Å². The predicted octanol–water partition coefficient (Wildman–Crippen LogP) is 12.9. The Hall–Kier alpha value is -1.06. The van der Waals surface area contributed by atoms with E-state index < -0.39 is 5.97 Å². The molecule has 0 aromatic carbocycles. The first-order valence-electron chi connectivity index (χ1n) is 19.0. The van der Waals surface area contributed by atoms with Crippen LogP contribution in [0, 0.1) is 0 Å². The van der Waals surface area contributed by atoms with Crippen molar-refractivity contribution in [2.24, 2.45) is 0 Å². The van der Waals surface area contributed by atoms with Crippen molar-refractivity contribution in [3.8, 4) is 0 Å². The van der Waals surface area contributed by atoms with Crippen LogP contribution < -0.4 is 0 Å². The maximum Gasteiger partial charge on any atom is 0.306 e. The molecule has 0 aromatic heterocycles. The maximum absolute atomic E-state index is 12.3. The van der Waals surface area contributed by atoms with Crippen LogP contribution in [0.3, 0.4) is 0 Å². The molecule has 0 radical (unpaired) electrons. The van der Waals surface area contributed by atoms with Gasteiger partial charge in [0.15, 0.2) is 0 Å². The van der Waals surface area contributed by atoms with Gasteiger partial charge in [0.25, 0.3) is 0 Å². The lowest BCUT2D eigenvalue weighted by Gasteiger charge is -2.16. The van der Waals surface area contributed by atoms with E-state index in [1.807, 2.05) is 0 Å². The highest BCUT2D eigenvalue weighted by Crippen LogP contribution is 2.17. The Morgan fingerprint density at radius 3 is 1.10 bits per heavy atom. The smallest absolute Gasteiger partial charge is 0.306 e. The summed E-state index contributed by atoms with van der Waals surface area (Å²) in [5, 5.41) is 8.64. The van der Waals surface area contributed by atoms with Crippen molar-refractivity contribution in [1.82, 2.24) is 0 Å². The minimum atomic E-state index is -0.662. The molecule has 0 rings (SSSR count). The van der Waals surface area contributed by atoms with Crippen molar-refractivity contribution in [3.05, 3.63) is 0 Å². The van der Waals surface area contributed by atoms with Gasteiger partial charge in [-0.3, -0.25) is 9.59 Å². The van der Waals surface area contributed by atoms with Crippen LogP contribution in [-0.4, -0.2) is 23.1 Å². The number of rotatable bonds is 35. The summed E-state index contributed by atoms with van der Waals surface area (Å²) in [6, 6.07) is 0. The van der Waals surface area contributed by atoms with Gasteiger partial charge in [-0.25, -0.2) is 0 Å². The van der Waals surface area contributed by atoms with E-state index in [0.29, 0.717) is 12.8 Å². The lowest BCUT2D eigenvalue weighted by atomic mass is 10.0. The summed E-state index contributed by atoms with van der Waals surface area (Å²) in [6.07, 6.45) is 40.7. The second-order valence-electron chi connectivity index (χ2n) is 13.1. The minimum Gasteiger partial charge on any atom is -0.481 e. The molecule has 1 atom stereocenters. The van der Waals surface area contributed by atoms with Crippen LogP contribution in [0.2, 0.25) is 0 Å². The Morgan fingerprint density at radius 1 is 0.452 bits per heavy atom. The van der Waals surface area contributed by atoms with Gasteiger partial charge in [-0.2, -0.15) is 0 Å². The Labute approximate surface area is 262 Å². The number of carboxylic acids is 1. The normalized spacial score (nSPS) is 12.0. The van der Waals surface area contributed by atoms with Crippen molar-refractivity contribution in [3.63, 3.8) is 0 Å². The van der Waals surface area contributed by atoms with E-state index in [9.17, 15) is 9.59 Å². The molecule has 0 heterocycles. The first-order valence-corrected chi connectivity index (χ1v) is 19.0. The van der Waals surface area contributed by atoms with Crippen molar-refractivity contribution in [1.29, 1.82) is 0 Å². The number of ether oxygens (including phenoxy) is 1. The lowest BCUT2D eigenvalue weighted by molar-refractivity contribution is -0.149. The van der Waals surface area contributed by atoms with Crippen LogP contribution in [-0.2, 0) is 14.3 Å². The van der Waals surface area contributed by atoms with Gasteiger partial charge in [0.2, 0.25) is 0 Å². The van der Waals surface area contributed by atoms with Crippen LogP contribution in [0.1, 0.15) is 226 Å². The number of aliphatic carboxylic acids is 1. The molecule has 0 spiro atoms. The first-order chi connectivity index (χ1) is 20.6. The fourth-order valence-electron chi connectivity index (χ4n) is 6.00. The molecule has 0 saturated carbocycles. The fraction of sp³-hybridized carbons (Fsp3) is 0.947. The number of carboxylic acid groups (broad SMARTS) is 1.